The molecule has 1 unspecified atom stereocenters. The van der Waals surface area contributed by atoms with Gasteiger partial charge in [-0.05, 0) is 42.7 Å². The standard InChI is InChI=1S/C26H35FN4O3/c1-17-13-30(10-9-28-17)14-23(33)31-16-26(2,3)25-21(31)12-19(24(29-25)22(32)15-34-4)11-18-5-7-20(27)8-6-18/h5-8,12,17,22,28,32H,9-11,13-16H2,1-4H3/t17-,22?/m1/s1. The van der Waals surface area contributed by atoms with Crippen molar-refractivity contribution in [3.8, 4) is 0 Å². The maximum Gasteiger partial charge on any atom is 0.241 e. The second-order valence-corrected chi connectivity index (χ2v) is 10.1. The molecule has 0 spiro atoms. The molecule has 1 amide bonds. The second kappa shape index (κ2) is 10.1. The Bertz CT molecular complexity index is 1030. The average Bonchev–Trinajstić information content (AvgIpc) is 3.05. The van der Waals surface area contributed by atoms with Gasteiger partial charge in [0.2, 0.25) is 5.91 Å². The number of pyridine rings is 1. The summed E-state index contributed by atoms with van der Waals surface area (Å²) in [5, 5.41) is 14.2. The molecule has 2 aliphatic rings. The lowest BCUT2D eigenvalue weighted by atomic mass is 9.90. The van der Waals surface area contributed by atoms with Gasteiger partial charge in [0.1, 0.15) is 11.9 Å². The number of carbonyl (C=O) groups is 1. The highest BCUT2D eigenvalue weighted by Gasteiger charge is 2.41. The molecule has 1 saturated heterocycles. The van der Waals surface area contributed by atoms with Gasteiger partial charge in [0.05, 0.1) is 30.2 Å². The number of aromatic nitrogens is 1. The Morgan fingerprint density at radius 2 is 2.09 bits per heavy atom. The van der Waals surface area contributed by atoms with Gasteiger partial charge in [-0.15, -0.1) is 0 Å². The number of aliphatic hydroxyl groups is 1. The van der Waals surface area contributed by atoms with Crippen LogP contribution in [0.3, 0.4) is 0 Å². The minimum Gasteiger partial charge on any atom is -0.384 e. The molecule has 34 heavy (non-hydrogen) atoms. The van der Waals surface area contributed by atoms with Gasteiger partial charge in [0, 0.05) is 44.7 Å². The number of amides is 1. The summed E-state index contributed by atoms with van der Waals surface area (Å²) in [7, 11) is 1.54. The fourth-order valence-corrected chi connectivity index (χ4v) is 4.96. The quantitative estimate of drug-likeness (QED) is 0.647. The molecular formula is C26H35FN4O3. The summed E-state index contributed by atoms with van der Waals surface area (Å²) in [5.74, 6) is -0.239. The molecule has 2 aliphatic heterocycles. The number of nitrogens with one attached hydrogen (secondary N) is 1. The zero-order valence-electron chi connectivity index (χ0n) is 20.5. The van der Waals surface area contributed by atoms with Gasteiger partial charge in [0.15, 0.2) is 0 Å². The number of rotatable bonds is 7. The molecule has 2 aromatic rings. The Kier molecular flexibility index (Phi) is 7.33. The van der Waals surface area contributed by atoms with E-state index in [1.807, 2.05) is 11.0 Å². The number of piperazine rings is 1. The molecule has 8 heteroatoms. The lowest BCUT2D eigenvalue weighted by molar-refractivity contribution is -0.120. The molecule has 0 aliphatic carbocycles. The van der Waals surface area contributed by atoms with Crippen LogP contribution in [-0.2, 0) is 21.4 Å². The minimum absolute atomic E-state index is 0.0562. The van der Waals surface area contributed by atoms with Crippen molar-refractivity contribution in [1.29, 1.82) is 0 Å². The summed E-state index contributed by atoms with van der Waals surface area (Å²) in [6, 6.07) is 8.65. The lowest BCUT2D eigenvalue weighted by Crippen LogP contribution is -2.52. The van der Waals surface area contributed by atoms with Crippen molar-refractivity contribution in [2.24, 2.45) is 0 Å². The first-order chi connectivity index (χ1) is 16.2. The zero-order chi connectivity index (χ0) is 24.5. The summed E-state index contributed by atoms with van der Waals surface area (Å²) in [4.78, 5) is 22.4. The molecule has 2 atom stereocenters. The van der Waals surface area contributed by atoms with E-state index in [2.05, 4.69) is 31.0 Å². The third-order valence-electron chi connectivity index (χ3n) is 6.66. The third-order valence-corrected chi connectivity index (χ3v) is 6.66. The number of methoxy groups -OCH3 is 1. The summed E-state index contributed by atoms with van der Waals surface area (Å²) in [6.45, 7) is 9.85. The van der Waals surface area contributed by atoms with Crippen molar-refractivity contribution in [2.45, 2.75) is 44.8 Å². The minimum atomic E-state index is -0.895. The van der Waals surface area contributed by atoms with Gasteiger partial charge in [0.25, 0.3) is 0 Å². The Labute approximate surface area is 200 Å². The number of nitrogens with zero attached hydrogens (tertiary/aromatic N) is 3. The normalized spacial score (nSPS) is 20.9. The van der Waals surface area contributed by atoms with Crippen LogP contribution in [-0.4, -0.2) is 73.4 Å². The van der Waals surface area contributed by atoms with Gasteiger partial charge in [-0.2, -0.15) is 0 Å². The van der Waals surface area contributed by atoms with E-state index in [1.165, 1.54) is 19.2 Å². The fourth-order valence-electron chi connectivity index (χ4n) is 4.96. The maximum atomic E-state index is 13.4. The molecule has 1 aromatic carbocycles. The van der Waals surface area contributed by atoms with E-state index in [1.54, 1.807) is 12.1 Å². The van der Waals surface area contributed by atoms with Crippen LogP contribution in [0.15, 0.2) is 30.3 Å². The summed E-state index contributed by atoms with van der Waals surface area (Å²) < 4.78 is 18.6. The van der Waals surface area contributed by atoms with Crippen LogP contribution in [0.2, 0.25) is 0 Å². The van der Waals surface area contributed by atoms with Gasteiger partial charge >= 0.3 is 0 Å². The fraction of sp³-hybridized carbons (Fsp3) is 0.538. The summed E-state index contributed by atoms with van der Waals surface area (Å²) in [6.07, 6.45) is -0.428. The van der Waals surface area contributed by atoms with Crippen molar-refractivity contribution in [3.63, 3.8) is 0 Å². The van der Waals surface area contributed by atoms with Crippen LogP contribution < -0.4 is 10.2 Å². The molecule has 1 fully saturated rings. The third kappa shape index (κ3) is 5.30. The highest BCUT2D eigenvalue weighted by atomic mass is 19.1. The predicted molar refractivity (Wildman–Crippen MR) is 130 cm³/mol. The highest BCUT2D eigenvalue weighted by Crippen LogP contribution is 2.41. The van der Waals surface area contributed by atoms with Crippen LogP contribution in [0.25, 0.3) is 0 Å². The van der Waals surface area contributed by atoms with Gasteiger partial charge in [-0.3, -0.25) is 14.7 Å². The maximum absolute atomic E-state index is 13.4. The SMILES string of the molecule is COCC(O)c1nc2c(cc1Cc1ccc(F)cc1)N(C(=O)CN1CCN[C@H](C)C1)CC2(C)C. The molecule has 4 rings (SSSR count). The lowest BCUT2D eigenvalue weighted by Gasteiger charge is -2.32. The van der Waals surface area contributed by atoms with Crippen LogP contribution >= 0.6 is 0 Å². The number of hydrogen-bond donors (Lipinski definition) is 2. The average molecular weight is 471 g/mol. The first-order valence-corrected chi connectivity index (χ1v) is 11.9. The topological polar surface area (TPSA) is 77.9 Å². The van der Waals surface area contributed by atoms with E-state index in [0.717, 1.165) is 42.1 Å². The number of anilines is 1. The number of benzene rings is 1. The van der Waals surface area contributed by atoms with E-state index in [-0.39, 0.29) is 23.7 Å². The Morgan fingerprint density at radius 1 is 1.35 bits per heavy atom. The number of carbonyl (C=O) groups excluding carboxylic acids is 1. The Hall–Kier alpha value is -2.39. The monoisotopic (exact) mass is 470 g/mol. The molecule has 0 radical (unpaired) electrons. The number of ether oxygens (including phenoxy) is 1. The smallest absolute Gasteiger partial charge is 0.241 e. The number of fused-ring (bicyclic) bond motifs is 1. The van der Waals surface area contributed by atoms with Gasteiger partial charge in [-0.1, -0.05) is 26.0 Å². The Balaban J connectivity index is 1.68. The number of halogens is 1. The van der Waals surface area contributed by atoms with Crippen LogP contribution in [0.4, 0.5) is 10.1 Å². The number of hydrogen-bond acceptors (Lipinski definition) is 6. The molecule has 7 nitrogen and oxygen atoms in total. The van der Waals surface area contributed by atoms with Gasteiger partial charge in [-0.25, -0.2) is 4.39 Å². The van der Waals surface area contributed by atoms with Gasteiger partial charge < -0.3 is 20.1 Å². The van der Waals surface area contributed by atoms with Crippen LogP contribution in [0.5, 0.6) is 0 Å². The summed E-state index contributed by atoms with van der Waals surface area (Å²) in [5.41, 5.74) is 3.51. The van der Waals surface area contributed by atoms with Crippen LogP contribution in [0.1, 0.15) is 49.4 Å². The van der Waals surface area contributed by atoms with Crippen molar-refractivity contribution < 1.29 is 19.0 Å². The first-order valence-electron chi connectivity index (χ1n) is 11.9. The van der Waals surface area contributed by atoms with E-state index < -0.39 is 6.10 Å². The van der Waals surface area contributed by atoms with Crippen LogP contribution in [0, 0.1) is 5.82 Å². The van der Waals surface area contributed by atoms with Crippen molar-refractivity contribution in [1.82, 2.24) is 15.2 Å². The summed E-state index contributed by atoms with van der Waals surface area (Å²) >= 11 is 0. The molecule has 3 heterocycles. The zero-order valence-corrected chi connectivity index (χ0v) is 20.5. The van der Waals surface area contributed by atoms with Crippen molar-refractivity contribution >= 4 is 11.6 Å². The van der Waals surface area contributed by atoms with Crippen molar-refractivity contribution in [2.75, 3.05) is 51.3 Å². The predicted octanol–water partition coefficient (Wildman–Crippen LogP) is 2.41. The largest absolute Gasteiger partial charge is 0.384 e. The molecule has 2 N–H and O–H groups in total. The second-order valence-electron chi connectivity index (χ2n) is 10.1. The van der Waals surface area contributed by atoms with E-state index in [0.29, 0.717) is 31.2 Å². The molecule has 1 aromatic heterocycles. The van der Waals surface area contributed by atoms with E-state index >= 15 is 0 Å². The number of aliphatic hydroxyl groups excluding tert-OH is 1. The highest BCUT2D eigenvalue weighted by molar-refractivity contribution is 5.97. The first kappa shape index (κ1) is 24.7. The van der Waals surface area contributed by atoms with E-state index in [9.17, 15) is 14.3 Å². The Morgan fingerprint density at radius 3 is 2.76 bits per heavy atom. The molecule has 0 saturated carbocycles. The van der Waals surface area contributed by atoms with Crippen molar-refractivity contribution in [3.05, 3.63) is 58.7 Å². The molecular weight excluding hydrogens is 435 g/mol. The van der Waals surface area contributed by atoms with E-state index in [4.69, 9.17) is 9.72 Å². The molecule has 184 valence electrons. The molecule has 0 bridgehead atoms.